The molecule has 60 valence electrons. The highest BCUT2D eigenvalue weighted by atomic mass is 35.5. The van der Waals surface area contributed by atoms with Gasteiger partial charge in [0.15, 0.2) is 5.70 Å². The predicted octanol–water partition coefficient (Wildman–Crippen LogP) is 0.240. The van der Waals surface area contributed by atoms with Crippen molar-refractivity contribution in [1.29, 1.82) is 0 Å². The lowest BCUT2D eigenvalue weighted by Crippen LogP contribution is -2.24. The third-order valence-electron chi connectivity index (χ3n) is 1.12. The second kappa shape index (κ2) is 3.39. The first-order chi connectivity index (χ1) is 5.24. The molecule has 1 aliphatic rings. The van der Waals surface area contributed by atoms with Crippen LogP contribution in [-0.4, -0.2) is 24.8 Å². The van der Waals surface area contributed by atoms with Crippen molar-refractivity contribution in [3.05, 3.63) is 11.9 Å². The van der Waals surface area contributed by atoms with Gasteiger partial charge in [-0.05, 0) is 0 Å². The van der Waals surface area contributed by atoms with Crippen LogP contribution in [0.4, 0.5) is 0 Å². The molecule has 0 radical (unpaired) electrons. The molecule has 0 aromatic rings. The standard InChI is InChI=1S/C6H7ClN2O2/c1-11-6(10)4-2-9-5(7)3-8-4/h2-3,5,9H,1H3. The number of halogens is 1. The molecule has 0 fully saturated rings. The molecule has 11 heavy (non-hydrogen) atoms. The number of rotatable bonds is 1. The van der Waals surface area contributed by atoms with E-state index in [-0.39, 0.29) is 11.2 Å². The number of hydrogen-bond acceptors (Lipinski definition) is 4. The van der Waals surface area contributed by atoms with Gasteiger partial charge in [0.05, 0.1) is 7.11 Å². The molecule has 5 heteroatoms. The number of esters is 1. The summed E-state index contributed by atoms with van der Waals surface area (Å²) in [6.45, 7) is 0. The van der Waals surface area contributed by atoms with Crippen LogP contribution < -0.4 is 5.32 Å². The molecule has 0 bridgehead atoms. The van der Waals surface area contributed by atoms with Gasteiger partial charge < -0.3 is 10.1 Å². The maximum absolute atomic E-state index is 10.8. The van der Waals surface area contributed by atoms with Gasteiger partial charge in [-0.25, -0.2) is 9.79 Å². The van der Waals surface area contributed by atoms with Gasteiger partial charge in [-0.2, -0.15) is 0 Å². The number of aliphatic imine (C=N–C) groups is 1. The van der Waals surface area contributed by atoms with Crippen LogP contribution in [0.5, 0.6) is 0 Å². The first-order valence-electron chi connectivity index (χ1n) is 2.97. The van der Waals surface area contributed by atoms with E-state index >= 15 is 0 Å². The Morgan fingerprint density at radius 3 is 3.09 bits per heavy atom. The lowest BCUT2D eigenvalue weighted by molar-refractivity contribution is -0.136. The highest BCUT2D eigenvalue weighted by Gasteiger charge is 2.12. The van der Waals surface area contributed by atoms with E-state index in [2.05, 4.69) is 15.0 Å². The van der Waals surface area contributed by atoms with Crippen LogP contribution in [0.25, 0.3) is 0 Å². The SMILES string of the molecule is COC(=O)C1=CNC(Cl)C=N1. The number of alkyl halides is 1. The van der Waals surface area contributed by atoms with Crippen molar-refractivity contribution < 1.29 is 9.53 Å². The van der Waals surface area contributed by atoms with Gasteiger partial charge >= 0.3 is 5.97 Å². The van der Waals surface area contributed by atoms with Gasteiger partial charge in [-0.1, -0.05) is 11.6 Å². The van der Waals surface area contributed by atoms with Crippen LogP contribution in [0.1, 0.15) is 0 Å². The fraction of sp³-hybridized carbons (Fsp3) is 0.333. The molecule has 1 rings (SSSR count). The molecule has 1 atom stereocenters. The van der Waals surface area contributed by atoms with Crippen molar-refractivity contribution in [1.82, 2.24) is 5.32 Å². The molecule has 0 amide bonds. The molecular formula is C6H7ClN2O2. The van der Waals surface area contributed by atoms with E-state index in [1.807, 2.05) is 0 Å². The maximum atomic E-state index is 10.8. The average molecular weight is 175 g/mol. The average Bonchev–Trinajstić information content (AvgIpc) is 2.05. The molecule has 0 aromatic heterocycles. The summed E-state index contributed by atoms with van der Waals surface area (Å²) >= 11 is 5.57. The Balaban J connectivity index is 2.63. The molecule has 0 aromatic carbocycles. The molecule has 0 aliphatic carbocycles. The van der Waals surface area contributed by atoms with E-state index in [4.69, 9.17) is 11.6 Å². The summed E-state index contributed by atoms with van der Waals surface area (Å²) in [6.07, 6.45) is 2.84. The van der Waals surface area contributed by atoms with Crippen LogP contribution in [0.15, 0.2) is 16.9 Å². The van der Waals surface area contributed by atoms with Crippen LogP contribution in [-0.2, 0) is 9.53 Å². The van der Waals surface area contributed by atoms with E-state index < -0.39 is 5.97 Å². The van der Waals surface area contributed by atoms with E-state index in [0.29, 0.717) is 0 Å². The van der Waals surface area contributed by atoms with Crippen LogP contribution in [0.2, 0.25) is 0 Å². The first kappa shape index (κ1) is 8.07. The summed E-state index contributed by atoms with van der Waals surface area (Å²) < 4.78 is 4.42. The molecular weight excluding hydrogens is 168 g/mol. The normalized spacial score (nSPS) is 22.0. The van der Waals surface area contributed by atoms with Gasteiger partial charge in [0.2, 0.25) is 0 Å². The Kier molecular flexibility index (Phi) is 2.48. The fourth-order valence-corrected chi connectivity index (χ4v) is 0.720. The van der Waals surface area contributed by atoms with Gasteiger partial charge in [0, 0.05) is 12.4 Å². The molecule has 1 heterocycles. The third kappa shape index (κ3) is 1.94. The second-order valence-corrected chi connectivity index (χ2v) is 2.34. The van der Waals surface area contributed by atoms with Gasteiger partial charge in [-0.3, -0.25) is 0 Å². The highest BCUT2D eigenvalue weighted by molar-refractivity contribution is 6.28. The highest BCUT2D eigenvalue weighted by Crippen LogP contribution is 2.03. The quantitative estimate of drug-likeness (QED) is 0.352. The van der Waals surface area contributed by atoms with Gasteiger partial charge in [0.1, 0.15) is 5.50 Å². The number of nitrogens with one attached hydrogen (secondary N) is 1. The number of ether oxygens (including phenoxy) is 1. The molecule has 1 aliphatic heterocycles. The molecule has 0 spiro atoms. The minimum atomic E-state index is -0.475. The summed E-state index contributed by atoms with van der Waals surface area (Å²) in [4.78, 5) is 14.5. The van der Waals surface area contributed by atoms with Crippen molar-refractivity contribution >= 4 is 23.8 Å². The number of nitrogens with zero attached hydrogens (tertiary/aromatic N) is 1. The van der Waals surface area contributed by atoms with Crippen molar-refractivity contribution in [2.24, 2.45) is 4.99 Å². The summed E-state index contributed by atoms with van der Waals surface area (Å²) in [6, 6.07) is 0. The van der Waals surface area contributed by atoms with Crippen molar-refractivity contribution in [3.8, 4) is 0 Å². The molecule has 1 unspecified atom stereocenters. The maximum Gasteiger partial charge on any atom is 0.358 e. The minimum Gasteiger partial charge on any atom is -0.464 e. The number of methoxy groups -OCH3 is 1. The number of hydrogen-bond donors (Lipinski definition) is 1. The van der Waals surface area contributed by atoms with E-state index in [9.17, 15) is 4.79 Å². The van der Waals surface area contributed by atoms with Gasteiger partial charge in [0.25, 0.3) is 0 Å². The third-order valence-corrected chi connectivity index (χ3v) is 1.36. The topological polar surface area (TPSA) is 50.7 Å². The zero-order valence-electron chi connectivity index (χ0n) is 5.87. The Labute approximate surface area is 68.9 Å². The van der Waals surface area contributed by atoms with E-state index in [0.717, 1.165) is 0 Å². The summed E-state index contributed by atoms with van der Waals surface area (Å²) in [7, 11) is 1.30. The molecule has 0 saturated carbocycles. The Morgan fingerprint density at radius 2 is 2.64 bits per heavy atom. The van der Waals surface area contributed by atoms with Crippen molar-refractivity contribution in [2.45, 2.75) is 5.50 Å². The minimum absolute atomic E-state index is 0.226. The molecule has 0 saturated heterocycles. The van der Waals surface area contributed by atoms with Crippen molar-refractivity contribution in [3.63, 3.8) is 0 Å². The lowest BCUT2D eigenvalue weighted by atomic mass is 10.4. The van der Waals surface area contributed by atoms with Crippen LogP contribution in [0.3, 0.4) is 0 Å². The van der Waals surface area contributed by atoms with Crippen LogP contribution in [0, 0.1) is 0 Å². The molecule has 1 N–H and O–H groups in total. The van der Waals surface area contributed by atoms with E-state index in [1.54, 1.807) is 0 Å². The first-order valence-corrected chi connectivity index (χ1v) is 3.40. The Hall–Kier alpha value is -1.03. The van der Waals surface area contributed by atoms with Crippen molar-refractivity contribution in [2.75, 3.05) is 7.11 Å². The summed E-state index contributed by atoms with van der Waals surface area (Å²) in [5, 5.41) is 2.70. The van der Waals surface area contributed by atoms with E-state index in [1.165, 1.54) is 19.5 Å². The number of carbonyl (C=O) groups is 1. The summed E-state index contributed by atoms with van der Waals surface area (Å²) in [5.41, 5.74) is -0.118. The zero-order valence-corrected chi connectivity index (χ0v) is 6.63. The molecule has 4 nitrogen and oxygen atoms in total. The fourth-order valence-electron chi connectivity index (χ4n) is 0.601. The van der Waals surface area contributed by atoms with Crippen LogP contribution >= 0.6 is 11.6 Å². The second-order valence-electron chi connectivity index (χ2n) is 1.87. The zero-order chi connectivity index (χ0) is 8.27. The smallest absolute Gasteiger partial charge is 0.358 e. The monoisotopic (exact) mass is 174 g/mol. The Bertz CT molecular complexity index is 225. The largest absolute Gasteiger partial charge is 0.464 e. The lowest BCUT2D eigenvalue weighted by Gasteiger charge is -2.09. The summed E-state index contributed by atoms with van der Waals surface area (Å²) in [5.74, 6) is -0.475. The van der Waals surface area contributed by atoms with Gasteiger partial charge in [-0.15, -0.1) is 0 Å². The number of carbonyl (C=O) groups excluding carboxylic acids is 1. The predicted molar refractivity (Wildman–Crippen MR) is 41.4 cm³/mol. The Morgan fingerprint density at radius 1 is 1.91 bits per heavy atom.